The van der Waals surface area contributed by atoms with Crippen LogP contribution in [0.1, 0.15) is 29.6 Å². The summed E-state index contributed by atoms with van der Waals surface area (Å²) in [5, 5.41) is 0. The Balaban J connectivity index is 2.08. The van der Waals surface area contributed by atoms with Crippen molar-refractivity contribution in [2.75, 3.05) is 0 Å². The van der Waals surface area contributed by atoms with Crippen molar-refractivity contribution in [1.29, 1.82) is 0 Å². The van der Waals surface area contributed by atoms with Crippen molar-refractivity contribution in [1.82, 2.24) is 0 Å². The SMILES string of the molecule is O=C1c2ccccc2O[C@H]2CCC[C@@H]12. The molecule has 0 N–H and O–H groups in total. The van der Waals surface area contributed by atoms with Gasteiger partial charge < -0.3 is 4.74 Å². The fraction of sp³-hybridized carbons (Fsp3) is 0.417. The summed E-state index contributed by atoms with van der Waals surface area (Å²) in [4.78, 5) is 12.0. The Bertz CT molecular complexity index is 384. The summed E-state index contributed by atoms with van der Waals surface area (Å²) in [6.45, 7) is 0. The van der Waals surface area contributed by atoms with Crippen LogP contribution in [0.5, 0.6) is 5.75 Å². The Kier molecular flexibility index (Phi) is 1.63. The number of Topliss-reactive ketones (excluding diaryl/α,β-unsaturated/α-hetero) is 1. The number of rotatable bonds is 0. The van der Waals surface area contributed by atoms with Crippen molar-refractivity contribution >= 4 is 5.78 Å². The Morgan fingerprint density at radius 1 is 1.21 bits per heavy atom. The number of carbonyl (C=O) groups excluding carboxylic acids is 1. The van der Waals surface area contributed by atoms with E-state index in [-0.39, 0.29) is 17.8 Å². The summed E-state index contributed by atoms with van der Waals surface area (Å²) >= 11 is 0. The molecule has 0 amide bonds. The molecule has 1 aliphatic heterocycles. The van der Waals surface area contributed by atoms with Crippen molar-refractivity contribution in [2.45, 2.75) is 25.4 Å². The van der Waals surface area contributed by atoms with Crippen molar-refractivity contribution < 1.29 is 9.53 Å². The Labute approximate surface area is 82.9 Å². The third-order valence-electron chi connectivity index (χ3n) is 3.22. The second-order valence-electron chi connectivity index (χ2n) is 4.05. The number of hydrogen-bond donors (Lipinski definition) is 0. The van der Waals surface area contributed by atoms with Crippen molar-refractivity contribution in [3.05, 3.63) is 29.8 Å². The number of hydrogen-bond acceptors (Lipinski definition) is 2. The van der Waals surface area contributed by atoms with Gasteiger partial charge in [0.2, 0.25) is 0 Å². The maximum Gasteiger partial charge on any atom is 0.173 e. The molecule has 1 aromatic carbocycles. The molecule has 0 unspecified atom stereocenters. The number of ketones is 1. The van der Waals surface area contributed by atoms with Gasteiger partial charge in [-0.25, -0.2) is 0 Å². The van der Waals surface area contributed by atoms with E-state index in [4.69, 9.17) is 4.74 Å². The summed E-state index contributed by atoms with van der Waals surface area (Å²) in [5.41, 5.74) is 0.774. The molecule has 1 aliphatic carbocycles. The summed E-state index contributed by atoms with van der Waals surface area (Å²) in [7, 11) is 0. The zero-order valence-electron chi connectivity index (χ0n) is 7.90. The molecule has 14 heavy (non-hydrogen) atoms. The first-order chi connectivity index (χ1) is 6.86. The zero-order chi connectivity index (χ0) is 9.54. The lowest BCUT2D eigenvalue weighted by molar-refractivity contribution is 0.0730. The van der Waals surface area contributed by atoms with Crippen LogP contribution in [0.25, 0.3) is 0 Å². The second-order valence-corrected chi connectivity index (χ2v) is 4.05. The molecular formula is C12H12O2. The minimum atomic E-state index is 0.130. The predicted octanol–water partition coefficient (Wildman–Crippen LogP) is 2.43. The van der Waals surface area contributed by atoms with Gasteiger partial charge in [-0.05, 0) is 31.4 Å². The third kappa shape index (κ3) is 0.999. The van der Waals surface area contributed by atoms with Gasteiger partial charge in [0.1, 0.15) is 11.9 Å². The first-order valence-electron chi connectivity index (χ1n) is 5.16. The molecule has 0 saturated heterocycles. The standard InChI is InChI=1S/C12H12O2/c13-12-8-4-1-2-6-10(8)14-11-7-3-5-9(11)12/h1-2,4,6,9,11H,3,5,7H2/t9-,11+/m1/s1. The molecule has 0 spiro atoms. The predicted molar refractivity (Wildman–Crippen MR) is 52.5 cm³/mol. The van der Waals surface area contributed by atoms with Gasteiger partial charge in [-0.2, -0.15) is 0 Å². The average molecular weight is 188 g/mol. The van der Waals surface area contributed by atoms with Gasteiger partial charge in [-0.3, -0.25) is 4.79 Å². The highest BCUT2D eigenvalue weighted by Crippen LogP contribution is 2.38. The molecule has 1 heterocycles. The number of carbonyl (C=O) groups is 1. The lowest BCUT2D eigenvalue weighted by Gasteiger charge is -2.27. The molecule has 1 saturated carbocycles. The van der Waals surface area contributed by atoms with Gasteiger partial charge in [0.15, 0.2) is 5.78 Å². The van der Waals surface area contributed by atoms with Crippen LogP contribution in [-0.2, 0) is 0 Å². The minimum Gasteiger partial charge on any atom is -0.489 e. The molecule has 1 aromatic rings. The van der Waals surface area contributed by atoms with Crippen LogP contribution in [-0.4, -0.2) is 11.9 Å². The molecular weight excluding hydrogens is 176 g/mol. The first-order valence-corrected chi connectivity index (χ1v) is 5.16. The minimum absolute atomic E-state index is 0.130. The largest absolute Gasteiger partial charge is 0.489 e. The molecule has 2 aliphatic rings. The van der Waals surface area contributed by atoms with Gasteiger partial charge in [-0.1, -0.05) is 12.1 Å². The van der Waals surface area contributed by atoms with Gasteiger partial charge in [0.25, 0.3) is 0 Å². The van der Waals surface area contributed by atoms with Crippen molar-refractivity contribution in [2.24, 2.45) is 5.92 Å². The van der Waals surface area contributed by atoms with E-state index in [2.05, 4.69) is 0 Å². The van der Waals surface area contributed by atoms with Crippen LogP contribution >= 0.6 is 0 Å². The lowest BCUT2D eigenvalue weighted by atomic mass is 9.91. The third-order valence-corrected chi connectivity index (χ3v) is 3.22. The van der Waals surface area contributed by atoms with E-state index >= 15 is 0 Å². The molecule has 72 valence electrons. The Morgan fingerprint density at radius 2 is 2.07 bits per heavy atom. The van der Waals surface area contributed by atoms with E-state index in [1.54, 1.807) is 0 Å². The van der Waals surface area contributed by atoms with E-state index in [9.17, 15) is 4.79 Å². The molecule has 0 radical (unpaired) electrons. The first kappa shape index (κ1) is 8.04. The van der Waals surface area contributed by atoms with E-state index in [0.717, 1.165) is 30.6 Å². The molecule has 1 fully saturated rings. The van der Waals surface area contributed by atoms with E-state index in [1.807, 2.05) is 24.3 Å². The monoisotopic (exact) mass is 188 g/mol. The smallest absolute Gasteiger partial charge is 0.173 e. The fourth-order valence-electron chi connectivity index (χ4n) is 2.50. The quantitative estimate of drug-likeness (QED) is 0.625. The Hall–Kier alpha value is -1.31. The van der Waals surface area contributed by atoms with Crippen LogP contribution in [0, 0.1) is 5.92 Å². The highest BCUT2D eigenvalue weighted by atomic mass is 16.5. The highest BCUT2D eigenvalue weighted by Gasteiger charge is 2.39. The lowest BCUT2D eigenvalue weighted by Crippen LogP contribution is -2.33. The van der Waals surface area contributed by atoms with Crippen LogP contribution in [0.2, 0.25) is 0 Å². The molecule has 0 aromatic heterocycles. The van der Waals surface area contributed by atoms with Crippen molar-refractivity contribution in [3.63, 3.8) is 0 Å². The molecule has 3 rings (SSSR count). The van der Waals surface area contributed by atoms with Crippen LogP contribution in [0.15, 0.2) is 24.3 Å². The second kappa shape index (κ2) is 2.84. The van der Waals surface area contributed by atoms with Crippen molar-refractivity contribution in [3.8, 4) is 5.75 Å². The summed E-state index contributed by atoms with van der Waals surface area (Å²) in [5.74, 6) is 1.19. The van der Waals surface area contributed by atoms with E-state index in [0.29, 0.717) is 0 Å². The summed E-state index contributed by atoms with van der Waals surface area (Å²) in [6.07, 6.45) is 3.30. The van der Waals surface area contributed by atoms with Gasteiger partial charge >= 0.3 is 0 Å². The maximum absolute atomic E-state index is 12.0. The topological polar surface area (TPSA) is 26.3 Å². The normalized spacial score (nSPS) is 29.3. The molecule has 2 heteroatoms. The van der Waals surface area contributed by atoms with Gasteiger partial charge in [0.05, 0.1) is 11.5 Å². The number of fused-ring (bicyclic) bond motifs is 2. The molecule has 2 atom stereocenters. The van der Waals surface area contributed by atoms with E-state index in [1.165, 1.54) is 0 Å². The number of benzene rings is 1. The van der Waals surface area contributed by atoms with Crippen LogP contribution in [0.3, 0.4) is 0 Å². The van der Waals surface area contributed by atoms with Crippen LogP contribution in [0.4, 0.5) is 0 Å². The number of ether oxygens (including phenoxy) is 1. The zero-order valence-corrected chi connectivity index (χ0v) is 7.90. The fourth-order valence-corrected chi connectivity index (χ4v) is 2.50. The summed E-state index contributed by atoms with van der Waals surface area (Å²) in [6, 6.07) is 7.57. The maximum atomic E-state index is 12.0. The summed E-state index contributed by atoms with van der Waals surface area (Å²) < 4.78 is 5.81. The highest BCUT2D eigenvalue weighted by molar-refractivity contribution is 6.01. The van der Waals surface area contributed by atoms with E-state index < -0.39 is 0 Å². The molecule has 2 nitrogen and oxygen atoms in total. The molecule has 0 bridgehead atoms. The number of para-hydroxylation sites is 1. The average Bonchev–Trinajstić information content (AvgIpc) is 2.66. The Morgan fingerprint density at radius 3 is 3.00 bits per heavy atom. The van der Waals surface area contributed by atoms with Gasteiger partial charge in [-0.15, -0.1) is 0 Å². The van der Waals surface area contributed by atoms with Gasteiger partial charge in [0, 0.05) is 0 Å². The van der Waals surface area contributed by atoms with Crippen LogP contribution < -0.4 is 4.74 Å².